The lowest BCUT2D eigenvalue weighted by atomic mass is 9.66. The monoisotopic (exact) mass is 880 g/mol. The SMILES string of the molecule is COC1CCC2(CC1)Cc1ccc(-c3cccnc3)cc1C21N=C(N)N(C)O1.COC1CCC2(CC1)Cc1ccc(Br)cc1C21N=C(N)N(C)O1.OB(O)c1cccnc1. The Morgan fingerprint density at radius 2 is 1.20 bits per heavy atom. The predicted octanol–water partition coefficient (Wildman–Crippen LogP) is 4.91. The van der Waals surface area contributed by atoms with E-state index in [1.807, 2.05) is 26.4 Å². The Morgan fingerprint density at radius 1 is 0.700 bits per heavy atom. The van der Waals surface area contributed by atoms with Crippen molar-refractivity contribution < 1.29 is 29.2 Å². The van der Waals surface area contributed by atoms with Gasteiger partial charge in [-0.25, -0.2) is 29.8 Å². The van der Waals surface area contributed by atoms with E-state index in [-0.39, 0.29) is 10.8 Å². The average molecular weight is 882 g/mol. The molecule has 0 bridgehead atoms. The summed E-state index contributed by atoms with van der Waals surface area (Å²) in [5.74, 6) is 0.888. The maximum absolute atomic E-state index is 8.54. The third kappa shape index (κ3) is 7.39. The van der Waals surface area contributed by atoms with Crippen LogP contribution in [0.3, 0.4) is 0 Å². The van der Waals surface area contributed by atoms with Gasteiger partial charge in [-0.2, -0.15) is 0 Å². The first kappa shape index (κ1) is 42.3. The minimum atomic E-state index is -1.40. The molecule has 2 aliphatic heterocycles. The van der Waals surface area contributed by atoms with Gasteiger partial charge in [0.1, 0.15) is 0 Å². The summed E-state index contributed by atoms with van der Waals surface area (Å²) >= 11 is 3.59. The number of nitrogens with zero attached hydrogens (tertiary/aromatic N) is 6. The summed E-state index contributed by atoms with van der Waals surface area (Å²) in [7, 11) is 5.87. The summed E-state index contributed by atoms with van der Waals surface area (Å²) < 4.78 is 12.2. The van der Waals surface area contributed by atoms with Gasteiger partial charge in [0, 0.05) is 85.0 Å². The molecule has 2 fully saturated rings. The minimum absolute atomic E-state index is 0.0411. The van der Waals surface area contributed by atoms with E-state index in [1.54, 1.807) is 48.9 Å². The number of hydrogen-bond acceptors (Lipinski definition) is 14. The number of fused-ring (bicyclic) bond motifs is 6. The van der Waals surface area contributed by atoms with Crippen molar-refractivity contribution in [2.75, 3.05) is 28.3 Å². The third-order valence-corrected chi connectivity index (χ3v) is 14.1. The molecule has 14 nitrogen and oxygen atoms in total. The normalized spacial score (nSPS) is 29.8. The fraction of sp³-hybridized carbons (Fsp3) is 0.455. The van der Waals surface area contributed by atoms with Crippen LogP contribution < -0.4 is 16.9 Å². The lowest BCUT2D eigenvalue weighted by Gasteiger charge is -2.45. The summed E-state index contributed by atoms with van der Waals surface area (Å²) in [6.07, 6.45) is 17.4. The highest BCUT2D eigenvalue weighted by Gasteiger charge is 2.64. The number of pyridine rings is 2. The van der Waals surface area contributed by atoms with Gasteiger partial charge in [0.2, 0.25) is 23.4 Å². The second kappa shape index (κ2) is 16.8. The van der Waals surface area contributed by atoms with Crippen molar-refractivity contribution in [3.63, 3.8) is 0 Å². The van der Waals surface area contributed by atoms with Crippen molar-refractivity contribution in [3.05, 3.63) is 112 Å². The van der Waals surface area contributed by atoms with E-state index in [9.17, 15) is 0 Å². The Morgan fingerprint density at radius 3 is 1.62 bits per heavy atom. The predicted molar refractivity (Wildman–Crippen MR) is 233 cm³/mol. The van der Waals surface area contributed by atoms with Crippen molar-refractivity contribution >= 4 is 40.4 Å². The highest BCUT2D eigenvalue weighted by atomic mass is 79.9. The van der Waals surface area contributed by atoms with Gasteiger partial charge in [-0.05, 0) is 117 Å². The number of aromatic nitrogens is 2. The Kier molecular flexibility index (Phi) is 11.8. The molecule has 2 aromatic heterocycles. The molecule has 4 aliphatic carbocycles. The zero-order valence-electron chi connectivity index (χ0n) is 34.6. The smallest absolute Gasteiger partial charge is 0.423 e. The Balaban J connectivity index is 0.000000140. The Bertz CT molecular complexity index is 2220. The maximum atomic E-state index is 8.54. The van der Waals surface area contributed by atoms with Gasteiger partial charge in [-0.1, -0.05) is 46.3 Å². The summed E-state index contributed by atoms with van der Waals surface area (Å²) in [5.41, 5.74) is 18.2. The number of hydrogen-bond donors (Lipinski definition) is 4. The topological polar surface area (TPSA) is 186 Å². The molecule has 2 saturated carbocycles. The van der Waals surface area contributed by atoms with E-state index in [0.29, 0.717) is 29.6 Å². The van der Waals surface area contributed by atoms with E-state index >= 15 is 0 Å². The molecule has 0 radical (unpaired) electrons. The molecular weight excluding hydrogens is 827 g/mol. The number of rotatable bonds is 4. The first-order chi connectivity index (χ1) is 28.9. The van der Waals surface area contributed by atoms with Crippen LogP contribution >= 0.6 is 15.9 Å². The van der Waals surface area contributed by atoms with Crippen molar-refractivity contribution in [2.24, 2.45) is 32.3 Å². The lowest BCUT2D eigenvalue weighted by Crippen LogP contribution is -2.46. The van der Waals surface area contributed by atoms with Crippen LogP contribution in [0.5, 0.6) is 0 Å². The highest BCUT2D eigenvalue weighted by molar-refractivity contribution is 9.10. The fourth-order valence-electron chi connectivity index (χ4n) is 10.3. The van der Waals surface area contributed by atoms with E-state index in [4.69, 9.17) is 50.6 Å². The van der Waals surface area contributed by atoms with Crippen molar-refractivity contribution in [3.8, 4) is 11.1 Å². The molecule has 2 aromatic carbocycles. The molecule has 6 aliphatic rings. The van der Waals surface area contributed by atoms with Gasteiger partial charge in [0.05, 0.1) is 12.2 Å². The quantitative estimate of drug-likeness (QED) is 0.204. The summed E-state index contributed by atoms with van der Waals surface area (Å²) in [6.45, 7) is 0. The van der Waals surface area contributed by atoms with Crippen molar-refractivity contribution in [1.82, 2.24) is 20.1 Å². The molecule has 2 atom stereocenters. The second-order valence-electron chi connectivity index (χ2n) is 16.8. The zero-order valence-corrected chi connectivity index (χ0v) is 36.2. The Hall–Kier alpha value is -4.42. The van der Waals surface area contributed by atoms with Gasteiger partial charge < -0.3 is 31.0 Å². The minimum Gasteiger partial charge on any atom is -0.423 e. The molecule has 4 spiro atoms. The van der Waals surface area contributed by atoms with E-state index < -0.39 is 18.6 Å². The Labute approximate surface area is 360 Å². The van der Waals surface area contributed by atoms with Crippen LogP contribution in [0.2, 0.25) is 0 Å². The van der Waals surface area contributed by atoms with Crippen LogP contribution in [-0.2, 0) is 43.4 Å². The van der Waals surface area contributed by atoms with Crippen LogP contribution in [0.4, 0.5) is 0 Å². The number of guanidine groups is 2. The molecule has 10 rings (SSSR count). The summed E-state index contributed by atoms with van der Waals surface area (Å²) in [5, 5.41) is 20.3. The number of hydroxylamine groups is 4. The van der Waals surface area contributed by atoms with Crippen LogP contribution in [-0.4, -0.2) is 89.7 Å². The molecule has 60 heavy (non-hydrogen) atoms. The van der Waals surface area contributed by atoms with Crippen LogP contribution in [0.15, 0.2) is 99.9 Å². The number of methoxy groups -OCH3 is 2. The summed E-state index contributed by atoms with van der Waals surface area (Å²) in [4.78, 5) is 30.5. The molecule has 4 heterocycles. The standard InChI is InChI=1S/C22H26N4O2.C17H22BrN3O2.C5H6BNO2/c1-26-20(23)25-22(28-26)19-12-15(17-4-3-11-24-14-17)5-6-16(19)13-21(22)9-7-18(27-2)8-10-21;1-21-15(19)20-17(23-21)14-9-12(18)4-3-11(14)10-16(17)7-5-13(22-2)6-8-16;8-6(9)5-2-1-3-7-4-5/h3-6,11-12,14,18H,7-10,13H2,1-2H3,(H2,23,25);3-4,9,13H,5-8,10H2,1-2H3,(H2,19,20);1-4,8-9H. The van der Waals surface area contributed by atoms with Crippen LogP contribution in [0.25, 0.3) is 11.1 Å². The van der Waals surface area contributed by atoms with Gasteiger partial charge in [-0.3, -0.25) is 9.97 Å². The molecule has 0 saturated heterocycles. The molecular formula is C44H54BBrN8O6. The number of aliphatic imine (C=N–C) groups is 2. The number of benzene rings is 2. The summed E-state index contributed by atoms with van der Waals surface area (Å²) in [6, 6.07) is 20.3. The van der Waals surface area contributed by atoms with Gasteiger partial charge in [-0.15, -0.1) is 0 Å². The number of halogens is 1. The molecule has 4 aromatic rings. The van der Waals surface area contributed by atoms with Crippen LogP contribution in [0, 0.1) is 10.8 Å². The van der Waals surface area contributed by atoms with Gasteiger partial charge in [0.25, 0.3) is 0 Å². The first-order valence-corrected chi connectivity index (χ1v) is 21.4. The van der Waals surface area contributed by atoms with Crippen molar-refractivity contribution in [2.45, 2.75) is 87.9 Å². The van der Waals surface area contributed by atoms with Gasteiger partial charge in [0.15, 0.2) is 0 Å². The number of nitrogens with two attached hydrogens (primary N) is 2. The second-order valence-corrected chi connectivity index (χ2v) is 17.7. The van der Waals surface area contributed by atoms with E-state index in [0.717, 1.165) is 90.9 Å². The maximum Gasteiger partial charge on any atom is 0.490 e. The largest absolute Gasteiger partial charge is 0.490 e. The molecule has 16 heteroatoms. The molecule has 316 valence electrons. The average Bonchev–Trinajstić information content (AvgIpc) is 3.92. The molecule has 6 N–H and O–H groups in total. The molecule has 2 unspecified atom stereocenters. The van der Waals surface area contributed by atoms with E-state index in [1.165, 1.54) is 17.3 Å². The van der Waals surface area contributed by atoms with Gasteiger partial charge >= 0.3 is 7.12 Å². The lowest BCUT2D eigenvalue weighted by molar-refractivity contribution is -0.232. The molecule has 0 amide bonds. The van der Waals surface area contributed by atoms with Crippen molar-refractivity contribution in [1.29, 1.82) is 0 Å². The zero-order chi connectivity index (χ0) is 42.3. The van der Waals surface area contributed by atoms with E-state index in [2.05, 4.69) is 68.4 Å². The third-order valence-electron chi connectivity index (χ3n) is 13.6. The fourth-order valence-corrected chi connectivity index (χ4v) is 10.6. The highest BCUT2D eigenvalue weighted by Crippen LogP contribution is 2.63. The van der Waals surface area contributed by atoms with Crippen LogP contribution in [0.1, 0.15) is 73.6 Å². The number of ether oxygens (including phenoxy) is 2. The first-order valence-electron chi connectivity index (χ1n) is 20.6.